The number of fused-ring (bicyclic) bond motifs is 3. The molecule has 3 unspecified atom stereocenters. The van der Waals surface area contributed by atoms with Crippen LogP contribution in [0.25, 0.3) is 5.65 Å². The Morgan fingerprint density at radius 1 is 0.930 bits per heavy atom. The van der Waals surface area contributed by atoms with Crippen LogP contribution in [0.15, 0.2) is 6.20 Å². The number of anilines is 2. The molecule has 5 aliphatic rings. The van der Waals surface area contributed by atoms with Crippen LogP contribution in [0.5, 0.6) is 0 Å². The van der Waals surface area contributed by atoms with Crippen LogP contribution in [-0.4, -0.2) is 104 Å². The Morgan fingerprint density at radius 3 is 2.37 bits per heavy atom. The molecule has 0 radical (unpaired) electrons. The second-order valence-corrected chi connectivity index (χ2v) is 13.8. The van der Waals surface area contributed by atoms with E-state index in [4.69, 9.17) is 24.2 Å². The molecule has 4 saturated heterocycles. The fourth-order valence-electron chi connectivity index (χ4n) is 7.06. The van der Waals surface area contributed by atoms with Crippen molar-refractivity contribution in [2.24, 2.45) is 0 Å². The highest BCUT2D eigenvalue weighted by molar-refractivity contribution is 5.71. The van der Waals surface area contributed by atoms with Gasteiger partial charge in [0.05, 0.1) is 12.7 Å². The zero-order valence-corrected chi connectivity index (χ0v) is 25.5. The second kappa shape index (κ2) is 11.3. The molecule has 2 bridgehead atoms. The molecule has 0 spiro atoms. The lowest BCUT2D eigenvalue weighted by molar-refractivity contribution is 0.0203. The van der Waals surface area contributed by atoms with Crippen molar-refractivity contribution in [1.82, 2.24) is 29.4 Å². The highest BCUT2D eigenvalue weighted by Gasteiger charge is 2.45. The Morgan fingerprint density at radius 2 is 1.67 bits per heavy atom. The summed E-state index contributed by atoms with van der Waals surface area (Å²) in [5, 5.41) is 11.9. The zero-order chi connectivity index (χ0) is 29.7. The largest absolute Gasteiger partial charge is 0.444 e. The quantitative estimate of drug-likeness (QED) is 0.501. The van der Waals surface area contributed by atoms with E-state index in [2.05, 4.69) is 15.7 Å². The highest BCUT2D eigenvalue weighted by atomic mass is 16.6. The number of likely N-dealkylation sites (tertiary alicyclic amines) is 1. The van der Waals surface area contributed by atoms with Crippen LogP contribution in [-0.2, 0) is 14.2 Å². The summed E-state index contributed by atoms with van der Waals surface area (Å²) in [6.07, 6.45) is 9.38. The average Bonchev–Trinajstić information content (AvgIpc) is 3.41. The first-order chi connectivity index (χ1) is 20.7. The maximum Gasteiger partial charge on any atom is 0.410 e. The summed E-state index contributed by atoms with van der Waals surface area (Å²) in [5.41, 5.74) is 1.51. The molecule has 234 valence electrons. The van der Waals surface area contributed by atoms with Gasteiger partial charge in [-0.3, -0.25) is 0 Å². The number of hydrogen-bond acceptors (Lipinski definition) is 10. The minimum absolute atomic E-state index is 0.101. The van der Waals surface area contributed by atoms with Crippen molar-refractivity contribution in [2.75, 3.05) is 36.9 Å². The summed E-state index contributed by atoms with van der Waals surface area (Å²) in [5.74, 6) is 1.85. The standard InChI is InChI=1S/C30H44N8O5/c1-30(2,3)43-28(39)36-11-8-23(17-36)42-29(40)37-21-6-7-22(37)15-20(14-21)33-27-35-26(32-19-9-12-41-13-10-19)34-25-24(18-4-5-18)16-31-38(25)27/h16,18-23H,4-15,17H2,1-3H3,(H2,32,33,34,35). The molecule has 2 aromatic heterocycles. The van der Waals surface area contributed by atoms with Gasteiger partial charge in [0.15, 0.2) is 5.65 Å². The average molecular weight is 597 g/mol. The lowest BCUT2D eigenvalue weighted by atomic mass is 9.98. The lowest BCUT2D eigenvalue weighted by Crippen LogP contribution is -2.50. The molecule has 2 aromatic rings. The van der Waals surface area contributed by atoms with Gasteiger partial charge in [-0.2, -0.15) is 19.6 Å². The Labute approximate surface area is 252 Å². The number of rotatable bonds is 6. The van der Waals surface area contributed by atoms with Crippen molar-refractivity contribution in [3.63, 3.8) is 0 Å². The first-order valence-corrected chi connectivity index (χ1v) is 16.0. The van der Waals surface area contributed by atoms with E-state index < -0.39 is 5.60 Å². The fraction of sp³-hybridized carbons (Fsp3) is 0.767. The smallest absolute Gasteiger partial charge is 0.410 e. The lowest BCUT2D eigenvalue weighted by Gasteiger charge is -2.39. The molecule has 1 aliphatic carbocycles. The number of ether oxygens (including phenoxy) is 3. The van der Waals surface area contributed by atoms with Crippen molar-refractivity contribution < 1.29 is 23.8 Å². The molecule has 7 rings (SSSR count). The SMILES string of the molecule is CC(C)(C)OC(=O)N1CCC(OC(=O)N2C3CCC2CC(Nc2nc(NC4CCOCC4)nc4c(C5CC5)cnn24)C3)C1. The van der Waals surface area contributed by atoms with Crippen LogP contribution in [0, 0.1) is 0 Å². The van der Waals surface area contributed by atoms with E-state index >= 15 is 0 Å². The molecule has 4 aliphatic heterocycles. The van der Waals surface area contributed by atoms with E-state index in [0.717, 1.165) is 57.4 Å². The third kappa shape index (κ3) is 6.18. The molecule has 2 amide bonds. The van der Waals surface area contributed by atoms with E-state index in [0.29, 0.717) is 37.3 Å². The summed E-state index contributed by atoms with van der Waals surface area (Å²) in [4.78, 5) is 39.2. The van der Waals surface area contributed by atoms with Gasteiger partial charge in [-0.15, -0.1) is 0 Å². The molecule has 6 heterocycles. The van der Waals surface area contributed by atoms with Gasteiger partial charge in [0.2, 0.25) is 11.9 Å². The predicted octanol–water partition coefficient (Wildman–Crippen LogP) is 4.15. The van der Waals surface area contributed by atoms with Crippen molar-refractivity contribution in [2.45, 2.75) is 120 Å². The van der Waals surface area contributed by atoms with Gasteiger partial charge in [0.25, 0.3) is 0 Å². The summed E-state index contributed by atoms with van der Waals surface area (Å²) < 4.78 is 18.8. The zero-order valence-electron chi connectivity index (χ0n) is 25.5. The Kier molecular flexibility index (Phi) is 7.46. The third-order valence-electron chi connectivity index (χ3n) is 9.31. The minimum atomic E-state index is -0.555. The number of carbonyl (C=O) groups excluding carboxylic acids is 2. The van der Waals surface area contributed by atoms with Gasteiger partial charge in [0.1, 0.15) is 11.7 Å². The van der Waals surface area contributed by atoms with Gasteiger partial charge >= 0.3 is 12.2 Å². The number of amides is 2. The van der Waals surface area contributed by atoms with Crippen molar-refractivity contribution in [3.8, 4) is 0 Å². The van der Waals surface area contributed by atoms with Gasteiger partial charge in [0, 0.05) is 55.9 Å². The van der Waals surface area contributed by atoms with Crippen molar-refractivity contribution >= 4 is 29.7 Å². The van der Waals surface area contributed by atoms with Crippen LogP contribution in [0.2, 0.25) is 0 Å². The Hall–Kier alpha value is -3.35. The number of nitrogens with one attached hydrogen (secondary N) is 2. The molecule has 5 fully saturated rings. The van der Waals surface area contributed by atoms with E-state index in [9.17, 15) is 9.59 Å². The number of aromatic nitrogens is 4. The number of piperidine rings is 1. The van der Waals surface area contributed by atoms with Crippen LogP contribution in [0.1, 0.15) is 90.0 Å². The topological polar surface area (TPSA) is 135 Å². The molecule has 13 heteroatoms. The predicted molar refractivity (Wildman–Crippen MR) is 158 cm³/mol. The molecular formula is C30H44N8O5. The molecule has 3 atom stereocenters. The number of nitrogens with zero attached hydrogens (tertiary/aromatic N) is 6. The first-order valence-electron chi connectivity index (χ1n) is 16.0. The molecule has 0 aromatic carbocycles. The molecule has 2 N–H and O–H groups in total. The molecule has 1 saturated carbocycles. The third-order valence-corrected chi connectivity index (χ3v) is 9.31. The Balaban J connectivity index is 1.00. The summed E-state index contributed by atoms with van der Waals surface area (Å²) in [7, 11) is 0. The maximum absolute atomic E-state index is 13.4. The van der Waals surface area contributed by atoms with E-state index in [1.165, 1.54) is 18.4 Å². The van der Waals surface area contributed by atoms with Crippen molar-refractivity contribution in [3.05, 3.63) is 11.8 Å². The van der Waals surface area contributed by atoms with E-state index in [1.807, 2.05) is 36.4 Å². The van der Waals surface area contributed by atoms with E-state index in [1.54, 1.807) is 4.90 Å². The van der Waals surface area contributed by atoms with Crippen LogP contribution < -0.4 is 10.6 Å². The van der Waals surface area contributed by atoms with Gasteiger partial charge in [-0.05, 0) is 78.1 Å². The fourth-order valence-corrected chi connectivity index (χ4v) is 7.06. The second-order valence-electron chi connectivity index (χ2n) is 13.8. The summed E-state index contributed by atoms with van der Waals surface area (Å²) >= 11 is 0. The molecular weight excluding hydrogens is 552 g/mol. The molecule has 43 heavy (non-hydrogen) atoms. The maximum atomic E-state index is 13.4. The highest BCUT2D eigenvalue weighted by Crippen LogP contribution is 2.42. The van der Waals surface area contributed by atoms with Crippen LogP contribution in [0.3, 0.4) is 0 Å². The number of hydrogen-bond donors (Lipinski definition) is 2. The summed E-state index contributed by atoms with van der Waals surface area (Å²) in [6.45, 7) is 7.95. The van der Waals surface area contributed by atoms with Crippen LogP contribution in [0.4, 0.5) is 21.5 Å². The normalized spacial score (nSPS) is 27.9. The minimum Gasteiger partial charge on any atom is -0.444 e. The monoisotopic (exact) mass is 596 g/mol. The summed E-state index contributed by atoms with van der Waals surface area (Å²) in [6, 6.07) is 0.642. The van der Waals surface area contributed by atoms with Gasteiger partial charge in [-0.1, -0.05) is 0 Å². The van der Waals surface area contributed by atoms with Gasteiger partial charge < -0.3 is 34.6 Å². The van der Waals surface area contributed by atoms with Crippen LogP contribution >= 0.6 is 0 Å². The first kappa shape index (κ1) is 28.4. The molecule has 13 nitrogen and oxygen atoms in total. The van der Waals surface area contributed by atoms with Crippen molar-refractivity contribution in [1.29, 1.82) is 0 Å². The van der Waals surface area contributed by atoms with E-state index in [-0.39, 0.29) is 42.5 Å². The van der Waals surface area contributed by atoms with Gasteiger partial charge in [-0.25, -0.2) is 9.59 Å². The number of carbonyl (C=O) groups is 2. The Bertz CT molecular complexity index is 1340.